The Balaban J connectivity index is 1.72. The Bertz CT molecular complexity index is 119. The normalized spacial score (nSPS) is 22.5. The van der Waals surface area contributed by atoms with E-state index in [0.717, 1.165) is 6.61 Å². The van der Waals surface area contributed by atoms with Crippen LogP contribution in [0.3, 0.4) is 0 Å². The Morgan fingerprint density at radius 2 is 2.36 bits per heavy atom. The molecule has 1 heterocycles. The van der Waals surface area contributed by atoms with Crippen LogP contribution in [0.25, 0.3) is 0 Å². The van der Waals surface area contributed by atoms with Crippen LogP contribution in [0.4, 0.5) is 0 Å². The van der Waals surface area contributed by atoms with Gasteiger partial charge >= 0.3 is 0 Å². The van der Waals surface area contributed by atoms with E-state index in [1.165, 1.54) is 0 Å². The van der Waals surface area contributed by atoms with Crippen molar-refractivity contribution in [3.8, 4) is 0 Å². The lowest BCUT2D eigenvalue weighted by atomic mass is 10.5. The van der Waals surface area contributed by atoms with Gasteiger partial charge in [0.2, 0.25) is 0 Å². The van der Waals surface area contributed by atoms with Crippen molar-refractivity contribution in [1.29, 1.82) is 0 Å². The average molecular weight is 158 g/mol. The smallest absolute Gasteiger partial charge is 0.111 e. The van der Waals surface area contributed by atoms with Gasteiger partial charge in [-0.05, 0) is 6.92 Å². The summed E-state index contributed by atoms with van der Waals surface area (Å²) in [7, 11) is 0. The summed E-state index contributed by atoms with van der Waals surface area (Å²) in [5.41, 5.74) is 0. The Morgan fingerprint density at radius 1 is 1.55 bits per heavy atom. The third kappa shape index (κ3) is 4.81. The first-order chi connectivity index (χ1) is 5.43. The fourth-order valence-corrected chi connectivity index (χ4v) is 0.650. The second kappa shape index (κ2) is 5.16. The van der Waals surface area contributed by atoms with Gasteiger partial charge in [0.05, 0.1) is 26.1 Å². The highest BCUT2D eigenvalue weighted by molar-refractivity contribution is 4.67. The van der Waals surface area contributed by atoms with Crippen molar-refractivity contribution in [1.82, 2.24) is 0 Å². The van der Waals surface area contributed by atoms with Gasteiger partial charge in [-0.3, -0.25) is 0 Å². The highest BCUT2D eigenvalue weighted by Crippen LogP contribution is 2.07. The third-order valence-corrected chi connectivity index (χ3v) is 1.28. The van der Waals surface area contributed by atoms with Gasteiger partial charge in [-0.2, -0.15) is 0 Å². The molecule has 1 atom stereocenters. The van der Waals surface area contributed by atoms with Crippen molar-refractivity contribution in [3.63, 3.8) is 0 Å². The zero-order chi connectivity index (χ0) is 7.94. The molecule has 0 spiro atoms. The minimum Gasteiger partial charge on any atom is -0.499 e. The van der Waals surface area contributed by atoms with E-state index in [9.17, 15) is 0 Å². The van der Waals surface area contributed by atoms with Crippen molar-refractivity contribution < 1.29 is 14.2 Å². The molecule has 1 aliphatic heterocycles. The maximum Gasteiger partial charge on any atom is 0.111 e. The van der Waals surface area contributed by atoms with E-state index in [1.54, 1.807) is 6.26 Å². The molecule has 3 nitrogen and oxygen atoms in total. The summed E-state index contributed by atoms with van der Waals surface area (Å²) in [6.45, 7) is 4.75. The van der Waals surface area contributed by atoms with Crippen LogP contribution in [0.15, 0.2) is 12.3 Å². The summed E-state index contributed by atoms with van der Waals surface area (Å²) in [6.07, 6.45) is 3.87. The zero-order valence-electron chi connectivity index (χ0n) is 6.79. The predicted octanol–water partition coefficient (Wildman–Crippen LogP) is 0.952. The third-order valence-electron chi connectivity index (χ3n) is 1.28. The first kappa shape index (κ1) is 8.56. The van der Waals surface area contributed by atoms with Gasteiger partial charge in [-0.15, -0.1) is 0 Å². The van der Waals surface area contributed by atoms with Gasteiger partial charge in [0.1, 0.15) is 12.7 Å². The number of ether oxygens (including phenoxy) is 3. The van der Waals surface area contributed by atoms with Crippen molar-refractivity contribution in [2.45, 2.75) is 13.0 Å². The van der Waals surface area contributed by atoms with Gasteiger partial charge in [0.25, 0.3) is 0 Å². The molecule has 1 fully saturated rings. The van der Waals surface area contributed by atoms with Crippen LogP contribution in [-0.2, 0) is 14.2 Å². The Morgan fingerprint density at radius 3 is 3.00 bits per heavy atom. The lowest BCUT2D eigenvalue weighted by Crippen LogP contribution is -2.06. The molecule has 1 saturated heterocycles. The molecule has 11 heavy (non-hydrogen) atoms. The fraction of sp³-hybridized carbons (Fsp3) is 0.750. The second-order valence-corrected chi connectivity index (χ2v) is 2.37. The van der Waals surface area contributed by atoms with Crippen LogP contribution in [0.2, 0.25) is 0 Å². The van der Waals surface area contributed by atoms with Crippen LogP contribution in [0.5, 0.6) is 0 Å². The molecule has 64 valence electrons. The quantitative estimate of drug-likeness (QED) is 0.327. The molecular formula is C8H14O3. The summed E-state index contributed by atoms with van der Waals surface area (Å²) in [5.74, 6) is 0. The maximum absolute atomic E-state index is 5.22. The number of epoxide rings is 1. The first-order valence-electron chi connectivity index (χ1n) is 3.85. The average Bonchev–Trinajstić information content (AvgIpc) is 2.80. The molecule has 0 radical (unpaired) electrons. The minimum absolute atomic E-state index is 0.358. The molecular weight excluding hydrogens is 144 g/mol. The lowest BCUT2D eigenvalue weighted by molar-refractivity contribution is 0.0746. The van der Waals surface area contributed by atoms with E-state index in [-0.39, 0.29) is 0 Å². The van der Waals surface area contributed by atoms with E-state index in [1.807, 2.05) is 13.0 Å². The SMILES string of the molecule is CC=COCCOCC1CO1. The minimum atomic E-state index is 0.358. The molecule has 0 aromatic rings. The van der Waals surface area contributed by atoms with E-state index >= 15 is 0 Å². The molecule has 0 aromatic carbocycles. The molecule has 0 aromatic heterocycles. The van der Waals surface area contributed by atoms with Gasteiger partial charge in [0, 0.05) is 0 Å². The molecule has 0 bridgehead atoms. The van der Waals surface area contributed by atoms with Crippen molar-refractivity contribution in [2.24, 2.45) is 0 Å². The highest BCUT2D eigenvalue weighted by atomic mass is 16.6. The van der Waals surface area contributed by atoms with Crippen LogP contribution in [0, 0.1) is 0 Å². The molecule has 1 unspecified atom stereocenters. The van der Waals surface area contributed by atoms with E-state index in [4.69, 9.17) is 14.2 Å². The van der Waals surface area contributed by atoms with Crippen LogP contribution < -0.4 is 0 Å². The van der Waals surface area contributed by atoms with Gasteiger partial charge in [0.15, 0.2) is 0 Å². The van der Waals surface area contributed by atoms with Crippen molar-refractivity contribution in [2.75, 3.05) is 26.4 Å². The summed E-state index contributed by atoms with van der Waals surface area (Å²) in [6, 6.07) is 0. The van der Waals surface area contributed by atoms with Crippen LogP contribution in [0.1, 0.15) is 6.92 Å². The van der Waals surface area contributed by atoms with E-state index in [2.05, 4.69) is 0 Å². The van der Waals surface area contributed by atoms with Crippen molar-refractivity contribution >= 4 is 0 Å². The molecule has 3 heteroatoms. The van der Waals surface area contributed by atoms with Gasteiger partial charge < -0.3 is 14.2 Å². The summed E-state index contributed by atoms with van der Waals surface area (Å²) in [5, 5.41) is 0. The molecule has 1 rings (SSSR count). The van der Waals surface area contributed by atoms with Crippen molar-refractivity contribution in [3.05, 3.63) is 12.3 Å². The Hall–Kier alpha value is -0.540. The lowest BCUT2D eigenvalue weighted by Gasteiger charge is -2.00. The topological polar surface area (TPSA) is 31.0 Å². The number of rotatable bonds is 6. The summed E-state index contributed by atoms with van der Waals surface area (Å²) < 4.78 is 15.2. The van der Waals surface area contributed by atoms with E-state index < -0.39 is 0 Å². The van der Waals surface area contributed by atoms with Gasteiger partial charge in [-0.1, -0.05) is 6.08 Å². The zero-order valence-corrected chi connectivity index (χ0v) is 6.79. The maximum atomic E-state index is 5.22. The first-order valence-corrected chi connectivity index (χ1v) is 3.85. The molecule has 0 amide bonds. The number of hydrogen-bond acceptors (Lipinski definition) is 3. The monoisotopic (exact) mass is 158 g/mol. The van der Waals surface area contributed by atoms with E-state index in [0.29, 0.717) is 25.9 Å². The largest absolute Gasteiger partial charge is 0.499 e. The molecule has 0 N–H and O–H groups in total. The molecule has 0 saturated carbocycles. The summed E-state index contributed by atoms with van der Waals surface area (Å²) >= 11 is 0. The standard InChI is InChI=1S/C8H14O3/c1-2-3-9-4-5-10-6-8-7-11-8/h2-3,8H,4-7H2,1H3. The number of hydrogen-bond donors (Lipinski definition) is 0. The second-order valence-electron chi connectivity index (χ2n) is 2.37. The van der Waals surface area contributed by atoms with Gasteiger partial charge in [-0.25, -0.2) is 0 Å². The summed E-state index contributed by atoms with van der Waals surface area (Å²) in [4.78, 5) is 0. The molecule has 1 aliphatic rings. The molecule has 0 aliphatic carbocycles. The van der Waals surface area contributed by atoms with Crippen LogP contribution in [-0.4, -0.2) is 32.5 Å². The predicted molar refractivity (Wildman–Crippen MR) is 41.3 cm³/mol. The Kier molecular flexibility index (Phi) is 4.01. The highest BCUT2D eigenvalue weighted by Gasteiger charge is 2.21. The Labute approximate surface area is 66.9 Å². The van der Waals surface area contributed by atoms with Crippen LogP contribution >= 0.6 is 0 Å². The fourth-order valence-electron chi connectivity index (χ4n) is 0.650. The number of allylic oxidation sites excluding steroid dienone is 1.